The maximum absolute atomic E-state index is 13.1. The van der Waals surface area contributed by atoms with Crippen LogP contribution in [0, 0.1) is 5.92 Å². The van der Waals surface area contributed by atoms with E-state index >= 15 is 0 Å². The van der Waals surface area contributed by atoms with Crippen LogP contribution in [0.1, 0.15) is 82.0 Å². The summed E-state index contributed by atoms with van der Waals surface area (Å²) in [5, 5.41) is 6.55. The molecule has 6 nitrogen and oxygen atoms in total. The summed E-state index contributed by atoms with van der Waals surface area (Å²) in [6.07, 6.45) is 7.28. The predicted octanol–water partition coefficient (Wildman–Crippen LogP) is 3.52. The maximum Gasteiger partial charge on any atom is 0.273 e. The van der Waals surface area contributed by atoms with Crippen LogP contribution in [0.5, 0.6) is 0 Å². The topological polar surface area (TPSA) is 75.4 Å². The lowest BCUT2D eigenvalue weighted by atomic mass is 9.87. The zero-order chi connectivity index (χ0) is 18.2. The van der Waals surface area contributed by atoms with E-state index in [2.05, 4.69) is 24.3 Å². The Morgan fingerprint density at radius 1 is 1.24 bits per heavy atom. The summed E-state index contributed by atoms with van der Waals surface area (Å²) in [6.45, 7) is 7.00. The lowest BCUT2D eigenvalue weighted by Gasteiger charge is -2.34. The van der Waals surface area contributed by atoms with Gasteiger partial charge in [-0.2, -0.15) is 0 Å². The zero-order valence-electron chi connectivity index (χ0n) is 15.7. The minimum Gasteiger partial charge on any atom is -0.359 e. The van der Waals surface area contributed by atoms with Gasteiger partial charge < -0.3 is 14.7 Å². The van der Waals surface area contributed by atoms with Gasteiger partial charge in [0.05, 0.1) is 6.54 Å². The highest BCUT2D eigenvalue weighted by molar-refractivity contribution is 5.92. The minimum absolute atomic E-state index is 0.125. The number of rotatable bonds is 8. The van der Waals surface area contributed by atoms with Crippen LogP contribution in [0.15, 0.2) is 10.6 Å². The number of hydrogen-bond acceptors (Lipinski definition) is 4. The van der Waals surface area contributed by atoms with Gasteiger partial charge in [0.2, 0.25) is 5.91 Å². The van der Waals surface area contributed by atoms with Crippen LogP contribution < -0.4 is 5.32 Å². The van der Waals surface area contributed by atoms with Crippen molar-refractivity contribution in [3.05, 3.63) is 17.5 Å². The quantitative estimate of drug-likeness (QED) is 0.779. The summed E-state index contributed by atoms with van der Waals surface area (Å²) in [6, 6.07) is 1.83. The summed E-state index contributed by atoms with van der Waals surface area (Å²) in [5.41, 5.74) is 0.270. The lowest BCUT2D eigenvalue weighted by Crippen LogP contribution is -2.43. The van der Waals surface area contributed by atoms with Crippen LogP contribution in [-0.2, 0) is 11.3 Å². The first kappa shape index (κ1) is 19.5. The van der Waals surface area contributed by atoms with Crippen molar-refractivity contribution in [1.82, 2.24) is 15.4 Å². The Bertz CT molecular complexity index is 560. The molecule has 1 N–H and O–H groups in total. The molecule has 2 amide bonds. The number of carbonyl (C=O) groups is 2. The van der Waals surface area contributed by atoms with E-state index in [-0.39, 0.29) is 29.5 Å². The van der Waals surface area contributed by atoms with Crippen LogP contribution in [0.25, 0.3) is 0 Å². The second-order valence-electron chi connectivity index (χ2n) is 6.81. The fraction of sp³-hybridized carbons (Fsp3) is 0.737. The van der Waals surface area contributed by atoms with Crippen LogP contribution in [0.4, 0.5) is 0 Å². The van der Waals surface area contributed by atoms with E-state index in [1.807, 2.05) is 11.8 Å². The fourth-order valence-electron chi connectivity index (χ4n) is 3.61. The summed E-state index contributed by atoms with van der Waals surface area (Å²) >= 11 is 0. The van der Waals surface area contributed by atoms with Crippen LogP contribution >= 0.6 is 0 Å². The van der Waals surface area contributed by atoms with Gasteiger partial charge >= 0.3 is 0 Å². The van der Waals surface area contributed by atoms with E-state index in [0.717, 1.165) is 38.5 Å². The first-order chi connectivity index (χ1) is 12.1. The maximum atomic E-state index is 13.1. The van der Waals surface area contributed by atoms with Crippen molar-refractivity contribution in [2.24, 2.45) is 5.92 Å². The van der Waals surface area contributed by atoms with Gasteiger partial charge in [-0.15, -0.1) is 0 Å². The number of hydrogen-bond donors (Lipinski definition) is 1. The molecule has 1 fully saturated rings. The molecule has 6 heteroatoms. The molecule has 0 unspecified atom stereocenters. The van der Waals surface area contributed by atoms with Crippen molar-refractivity contribution < 1.29 is 14.1 Å². The standard InChI is InChI=1S/C19H31N3O3/c1-4-15(5-2)22(19(24)14-10-8-7-9-11-14)13-16-12-17(21-25-16)18(23)20-6-3/h12,14-15H,4-11,13H2,1-3H3,(H,20,23). The van der Waals surface area contributed by atoms with E-state index < -0.39 is 0 Å². The third kappa shape index (κ3) is 5.06. The molecule has 1 heterocycles. The van der Waals surface area contributed by atoms with Gasteiger partial charge in [0, 0.05) is 24.6 Å². The fourth-order valence-corrected chi connectivity index (χ4v) is 3.61. The van der Waals surface area contributed by atoms with Crippen LogP contribution in [-0.4, -0.2) is 34.5 Å². The molecule has 1 aromatic heterocycles. The highest BCUT2D eigenvalue weighted by atomic mass is 16.5. The molecule has 0 aliphatic heterocycles. The molecule has 0 spiro atoms. The van der Waals surface area contributed by atoms with Gasteiger partial charge in [-0.05, 0) is 32.6 Å². The number of amides is 2. The highest BCUT2D eigenvalue weighted by Gasteiger charge is 2.30. The van der Waals surface area contributed by atoms with Gasteiger partial charge in [0.1, 0.15) is 0 Å². The van der Waals surface area contributed by atoms with Crippen molar-refractivity contribution in [2.45, 2.75) is 78.3 Å². The Kier molecular flexibility index (Phi) is 7.47. The Balaban J connectivity index is 2.12. The molecule has 0 atom stereocenters. The second kappa shape index (κ2) is 9.59. The molecule has 0 bridgehead atoms. The molecule has 1 aliphatic carbocycles. The minimum atomic E-state index is -0.245. The third-order valence-corrected chi connectivity index (χ3v) is 5.08. The molecule has 1 aromatic rings. The molecule has 1 saturated carbocycles. The molecule has 140 valence electrons. The molecule has 25 heavy (non-hydrogen) atoms. The summed E-state index contributed by atoms with van der Waals surface area (Å²) in [4.78, 5) is 26.9. The van der Waals surface area contributed by atoms with E-state index in [9.17, 15) is 9.59 Å². The lowest BCUT2D eigenvalue weighted by molar-refractivity contribution is -0.140. The summed E-state index contributed by atoms with van der Waals surface area (Å²) < 4.78 is 5.33. The molecule has 0 aromatic carbocycles. The van der Waals surface area contributed by atoms with Crippen molar-refractivity contribution in [3.63, 3.8) is 0 Å². The number of nitrogens with zero attached hydrogens (tertiary/aromatic N) is 2. The van der Waals surface area contributed by atoms with E-state index in [1.165, 1.54) is 6.42 Å². The second-order valence-corrected chi connectivity index (χ2v) is 6.81. The van der Waals surface area contributed by atoms with E-state index in [4.69, 9.17) is 4.52 Å². The van der Waals surface area contributed by atoms with E-state index in [0.29, 0.717) is 18.8 Å². The van der Waals surface area contributed by atoms with Crippen LogP contribution in [0.2, 0.25) is 0 Å². The monoisotopic (exact) mass is 349 g/mol. The summed E-state index contributed by atoms with van der Waals surface area (Å²) in [5.74, 6) is 0.673. The van der Waals surface area contributed by atoms with Gasteiger partial charge in [-0.1, -0.05) is 38.3 Å². The Morgan fingerprint density at radius 2 is 1.92 bits per heavy atom. The average molecular weight is 349 g/mol. The molecule has 0 radical (unpaired) electrons. The highest BCUT2D eigenvalue weighted by Crippen LogP contribution is 2.28. The SMILES string of the molecule is CCNC(=O)c1cc(CN(C(=O)C2CCCCC2)C(CC)CC)on1. The molecular weight excluding hydrogens is 318 g/mol. The Morgan fingerprint density at radius 3 is 2.52 bits per heavy atom. The third-order valence-electron chi connectivity index (χ3n) is 5.08. The first-order valence-electron chi connectivity index (χ1n) is 9.64. The van der Waals surface area contributed by atoms with Gasteiger partial charge in [0.15, 0.2) is 11.5 Å². The number of carbonyl (C=O) groups excluding carboxylic acids is 2. The zero-order valence-corrected chi connectivity index (χ0v) is 15.7. The molecular formula is C19H31N3O3. The van der Waals surface area contributed by atoms with Crippen molar-refractivity contribution in [3.8, 4) is 0 Å². The summed E-state index contributed by atoms with van der Waals surface area (Å²) in [7, 11) is 0. The van der Waals surface area contributed by atoms with E-state index in [1.54, 1.807) is 6.07 Å². The number of aromatic nitrogens is 1. The predicted molar refractivity (Wildman–Crippen MR) is 96.0 cm³/mol. The molecule has 0 saturated heterocycles. The largest absolute Gasteiger partial charge is 0.359 e. The van der Waals surface area contributed by atoms with Crippen molar-refractivity contribution in [1.29, 1.82) is 0 Å². The van der Waals surface area contributed by atoms with Gasteiger partial charge in [-0.25, -0.2) is 0 Å². The normalized spacial score (nSPS) is 15.4. The van der Waals surface area contributed by atoms with Gasteiger partial charge in [-0.3, -0.25) is 9.59 Å². The van der Waals surface area contributed by atoms with Crippen LogP contribution in [0.3, 0.4) is 0 Å². The van der Waals surface area contributed by atoms with Crippen molar-refractivity contribution in [2.75, 3.05) is 6.54 Å². The Hall–Kier alpha value is -1.85. The van der Waals surface area contributed by atoms with Crippen molar-refractivity contribution >= 4 is 11.8 Å². The Labute approximate surface area is 150 Å². The van der Waals surface area contributed by atoms with Gasteiger partial charge in [0.25, 0.3) is 5.91 Å². The molecule has 2 rings (SSSR count). The average Bonchev–Trinajstić information content (AvgIpc) is 3.11. The molecule has 1 aliphatic rings. The first-order valence-corrected chi connectivity index (χ1v) is 9.64. The number of nitrogens with one attached hydrogen (secondary N) is 1. The smallest absolute Gasteiger partial charge is 0.273 e.